The van der Waals surface area contributed by atoms with E-state index in [9.17, 15) is 50.1 Å². The van der Waals surface area contributed by atoms with Gasteiger partial charge in [-0.2, -0.15) is 0 Å². The lowest BCUT2D eigenvalue weighted by Gasteiger charge is -2.19. The van der Waals surface area contributed by atoms with Gasteiger partial charge >= 0.3 is 17.9 Å². The summed E-state index contributed by atoms with van der Waals surface area (Å²) in [5, 5.41) is 69.8. The lowest BCUT2D eigenvalue weighted by Crippen LogP contribution is -2.28. The number of ether oxygens (including phenoxy) is 4. The average Bonchev–Trinajstić information content (AvgIpc) is 3.49. The Labute approximate surface area is 284 Å². The van der Waals surface area contributed by atoms with Crippen LogP contribution in [0.5, 0.6) is 46.0 Å². The minimum Gasteiger partial charge on any atom is -0.504 e. The van der Waals surface area contributed by atoms with Crippen LogP contribution in [0.3, 0.4) is 0 Å². The van der Waals surface area contributed by atoms with E-state index in [4.69, 9.17) is 18.9 Å². The molecule has 0 fully saturated rings. The smallest absolute Gasteiger partial charge is 0.345 e. The zero-order valence-electron chi connectivity index (χ0n) is 26.2. The quantitative estimate of drug-likeness (QED) is 0.0624. The molecule has 14 heteroatoms. The van der Waals surface area contributed by atoms with Crippen molar-refractivity contribution in [3.05, 3.63) is 107 Å². The molecule has 0 aliphatic carbocycles. The van der Waals surface area contributed by atoms with Crippen molar-refractivity contribution in [2.45, 2.75) is 31.0 Å². The third-order valence-electron chi connectivity index (χ3n) is 7.81. The standard InChI is InChI=1S/C36H31O14/c1-47-28-10-3-19(15-27(28)42)16-29(35(44)45)49-30(43)11-6-20-4-9-24(39)34-31(20)32(33(50-34)21-5-8-23(38)26(41)17-21)36(46)48-13-12-18-2-7-22(37)25(40)14-18/h2-11,13-15,17,29,32-33,37-42H,12,16H2,1H3,(H,44,45)/b11-6+/t29-,32+,33-/m1/s1. The second kappa shape index (κ2) is 14.7. The van der Waals surface area contributed by atoms with Gasteiger partial charge in [-0.1, -0.05) is 24.3 Å². The van der Waals surface area contributed by atoms with Crippen molar-refractivity contribution in [2.75, 3.05) is 7.11 Å². The van der Waals surface area contributed by atoms with E-state index in [1.54, 1.807) is 0 Å². The number of carbonyl (C=O) groups excluding carboxylic acids is 2. The number of methoxy groups -OCH3 is 1. The SMILES string of the molecule is COc1ccc(C[C@@H](OC(=O)/C=C/c2ccc(O)c3c2[C@H](C(=O)O[CH]Cc2ccc(O)c(O)c2)[C@@H](c2ccc(O)c(O)c2)O3)C(=O)O)cc1O. The highest BCUT2D eigenvalue weighted by molar-refractivity contribution is 5.91. The van der Waals surface area contributed by atoms with Crippen LogP contribution in [-0.2, 0) is 36.7 Å². The van der Waals surface area contributed by atoms with Crippen LogP contribution in [0, 0.1) is 6.61 Å². The highest BCUT2D eigenvalue weighted by Crippen LogP contribution is 2.53. The molecule has 0 saturated heterocycles. The highest BCUT2D eigenvalue weighted by Gasteiger charge is 2.44. The van der Waals surface area contributed by atoms with E-state index >= 15 is 0 Å². The Morgan fingerprint density at radius 2 is 1.46 bits per heavy atom. The van der Waals surface area contributed by atoms with Gasteiger partial charge in [0.25, 0.3) is 0 Å². The van der Waals surface area contributed by atoms with Gasteiger partial charge in [0.2, 0.25) is 6.10 Å². The van der Waals surface area contributed by atoms with Crippen LogP contribution in [-0.4, -0.2) is 66.9 Å². The number of phenolic OH excluding ortho intramolecular Hbond substituents is 6. The molecule has 0 amide bonds. The summed E-state index contributed by atoms with van der Waals surface area (Å²) in [4.78, 5) is 38.4. The van der Waals surface area contributed by atoms with Crippen molar-refractivity contribution in [3.8, 4) is 46.0 Å². The molecule has 4 aromatic carbocycles. The number of carbonyl (C=O) groups is 3. The van der Waals surface area contributed by atoms with Crippen LogP contribution >= 0.6 is 0 Å². The van der Waals surface area contributed by atoms with Gasteiger partial charge in [-0.25, -0.2) is 9.59 Å². The van der Waals surface area contributed by atoms with E-state index < -0.39 is 47.5 Å². The Kier molecular flexibility index (Phi) is 10.2. The molecule has 1 radical (unpaired) electrons. The number of carboxylic acids is 1. The molecule has 1 heterocycles. The molecule has 14 nitrogen and oxygen atoms in total. The molecule has 3 atom stereocenters. The summed E-state index contributed by atoms with van der Waals surface area (Å²) in [6.45, 7) is 1.15. The molecular formula is C36H31O14. The first-order valence-corrected chi connectivity index (χ1v) is 14.9. The minimum atomic E-state index is -1.63. The number of phenols is 6. The third kappa shape index (κ3) is 7.59. The van der Waals surface area contributed by atoms with Gasteiger partial charge in [0.1, 0.15) is 18.6 Å². The fourth-order valence-electron chi connectivity index (χ4n) is 5.34. The molecule has 259 valence electrons. The van der Waals surface area contributed by atoms with Crippen LogP contribution < -0.4 is 9.47 Å². The number of fused-ring (bicyclic) bond motifs is 1. The van der Waals surface area contributed by atoms with Gasteiger partial charge in [-0.15, -0.1) is 0 Å². The molecule has 0 saturated carbocycles. The topological polar surface area (TPSA) is 230 Å². The Bertz CT molecular complexity index is 1970. The van der Waals surface area contributed by atoms with Crippen LogP contribution in [0.25, 0.3) is 6.08 Å². The lowest BCUT2D eigenvalue weighted by molar-refractivity contribution is -0.160. The molecule has 1 aliphatic heterocycles. The highest BCUT2D eigenvalue weighted by atomic mass is 16.6. The van der Waals surface area contributed by atoms with E-state index in [-0.39, 0.29) is 64.0 Å². The van der Waals surface area contributed by atoms with Crippen LogP contribution in [0.4, 0.5) is 0 Å². The fraction of sp³-hybridized carbons (Fsp3) is 0.167. The van der Waals surface area contributed by atoms with Gasteiger partial charge in [-0.3, -0.25) is 4.79 Å². The Morgan fingerprint density at radius 1 is 0.800 bits per heavy atom. The fourth-order valence-corrected chi connectivity index (χ4v) is 5.34. The van der Waals surface area contributed by atoms with Gasteiger partial charge in [0, 0.05) is 24.5 Å². The number of rotatable bonds is 12. The average molecular weight is 688 g/mol. The molecule has 1 aliphatic rings. The largest absolute Gasteiger partial charge is 0.504 e. The predicted octanol–water partition coefficient (Wildman–Crippen LogP) is 4.35. The Hall–Kier alpha value is -6.57. The summed E-state index contributed by atoms with van der Waals surface area (Å²) in [6.07, 6.45) is -0.898. The molecule has 0 aromatic heterocycles. The first-order valence-electron chi connectivity index (χ1n) is 14.9. The number of benzene rings is 4. The van der Waals surface area contributed by atoms with Gasteiger partial charge in [0.05, 0.1) is 7.11 Å². The lowest BCUT2D eigenvalue weighted by atomic mass is 9.87. The van der Waals surface area contributed by atoms with E-state index in [2.05, 4.69) is 0 Å². The summed E-state index contributed by atoms with van der Waals surface area (Å²) < 4.78 is 21.6. The second-order valence-electron chi connectivity index (χ2n) is 11.1. The molecular weight excluding hydrogens is 656 g/mol. The van der Waals surface area contributed by atoms with Gasteiger partial charge < -0.3 is 54.7 Å². The number of carboxylic acid groups (broad SMARTS) is 1. The Morgan fingerprint density at radius 3 is 2.12 bits per heavy atom. The van der Waals surface area contributed by atoms with Crippen LogP contribution in [0.2, 0.25) is 0 Å². The number of hydrogen-bond acceptors (Lipinski definition) is 13. The van der Waals surface area contributed by atoms with Crippen molar-refractivity contribution in [2.24, 2.45) is 0 Å². The van der Waals surface area contributed by atoms with Crippen molar-refractivity contribution in [1.82, 2.24) is 0 Å². The summed E-state index contributed by atoms with van der Waals surface area (Å²) >= 11 is 0. The second-order valence-corrected chi connectivity index (χ2v) is 11.1. The zero-order chi connectivity index (χ0) is 36.1. The minimum absolute atomic E-state index is 0.0319. The summed E-state index contributed by atoms with van der Waals surface area (Å²) in [5.41, 5.74) is 1.37. The molecule has 0 unspecified atom stereocenters. The molecule has 50 heavy (non-hydrogen) atoms. The monoisotopic (exact) mass is 687 g/mol. The first kappa shape index (κ1) is 34.8. The normalized spacial score (nSPS) is 15.5. The van der Waals surface area contributed by atoms with E-state index in [0.29, 0.717) is 11.1 Å². The van der Waals surface area contributed by atoms with E-state index in [1.165, 1.54) is 79.9 Å². The van der Waals surface area contributed by atoms with Gasteiger partial charge in [-0.05, 0) is 70.8 Å². The van der Waals surface area contributed by atoms with Crippen LogP contribution in [0.15, 0.2) is 72.8 Å². The zero-order valence-corrected chi connectivity index (χ0v) is 26.2. The van der Waals surface area contributed by atoms with E-state index in [0.717, 1.165) is 12.7 Å². The number of hydrogen-bond donors (Lipinski definition) is 7. The summed E-state index contributed by atoms with van der Waals surface area (Å²) in [6, 6.07) is 14.7. The maximum atomic E-state index is 13.7. The molecule has 4 aromatic rings. The number of esters is 2. The maximum Gasteiger partial charge on any atom is 0.345 e. The van der Waals surface area contributed by atoms with Crippen molar-refractivity contribution < 1.29 is 69.1 Å². The predicted molar refractivity (Wildman–Crippen MR) is 173 cm³/mol. The number of aliphatic carboxylic acids is 1. The van der Waals surface area contributed by atoms with Crippen LogP contribution in [0.1, 0.15) is 39.8 Å². The molecule has 0 bridgehead atoms. The van der Waals surface area contributed by atoms with E-state index in [1.807, 2.05) is 0 Å². The van der Waals surface area contributed by atoms with Crippen molar-refractivity contribution >= 4 is 24.0 Å². The first-order chi connectivity index (χ1) is 23.9. The summed E-state index contributed by atoms with van der Waals surface area (Å²) in [7, 11) is 1.35. The number of aromatic hydroxyl groups is 6. The Balaban J connectivity index is 1.41. The van der Waals surface area contributed by atoms with Gasteiger partial charge in [0.15, 0.2) is 46.0 Å². The molecule has 5 rings (SSSR count). The summed E-state index contributed by atoms with van der Waals surface area (Å²) in [5.74, 6) is -6.85. The third-order valence-corrected chi connectivity index (χ3v) is 7.81. The molecule has 7 N–H and O–H groups in total. The van der Waals surface area contributed by atoms with Crippen molar-refractivity contribution in [1.29, 1.82) is 0 Å². The van der Waals surface area contributed by atoms with Crippen molar-refractivity contribution in [3.63, 3.8) is 0 Å². The maximum absolute atomic E-state index is 13.7. The molecule has 0 spiro atoms.